The molecule has 0 fully saturated rings. The summed E-state index contributed by atoms with van der Waals surface area (Å²) in [4.78, 5) is 84.4. The molecule has 1 aromatic heterocycles. The Morgan fingerprint density at radius 3 is 2.06 bits per heavy atom. The number of benzene rings is 1. The second kappa shape index (κ2) is 18.8. The number of esters is 1. The second-order valence-electron chi connectivity index (χ2n) is 14.2. The number of nitrogens with two attached hydrogens (primary N) is 1. The van der Waals surface area contributed by atoms with Crippen molar-refractivity contribution in [3.63, 3.8) is 0 Å². The zero-order valence-electron chi connectivity index (χ0n) is 30.4. The highest BCUT2D eigenvalue weighted by atomic mass is 16.6. The van der Waals surface area contributed by atoms with Gasteiger partial charge < -0.3 is 41.8 Å². The standard InChI is InChI=1S/C34H51N9O8/c1-17(2)13-24(31(48)42-43-36)39-32(49)27(18(3)4)40-33(50)28(19(5)44)41-30(47)25(15-26(45)51-34(6,7)8)38-29(46)22(35)14-20-16-37-23-12-10-9-11-21(20)23/h9-12,16-19,22,24-25,27-28,37,44H,13-15,35H2,1-8H3,(H,38,46)(H,39,49)(H,40,50)(H,41,47)/t19-,22-,24+,25-,27-,28+/m1/s1. The minimum absolute atomic E-state index is 0.0627. The molecule has 8 N–H and O–H groups in total. The van der Waals surface area contributed by atoms with Gasteiger partial charge >= 0.3 is 5.97 Å². The van der Waals surface area contributed by atoms with Gasteiger partial charge in [0.1, 0.15) is 23.7 Å². The first-order valence-electron chi connectivity index (χ1n) is 16.7. The van der Waals surface area contributed by atoms with Gasteiger partial charge in [-0.05, 0) is 74.6 Å². The number of aromatic nitrogens is 1. The summed E-state index contributed by atoms with van der Waals surface area (Å²) < 4.78 is 5.36. The Labute approximate surface area is 296 Å². The lowest BCUT2D eigenvalue weighted by Gasteiger charge is -2.29. The molecule has 2 rings (SSSR count). The van der Waals surface area contributed by atoms with Crippen LogP contribution in [0.2, 0.25) is 0 Å². The number of ether oxygens (including phenoxy) is 1. The normalized spacial score (nSPS) is 15.1. The van der Waals surface area contributed by atoms with Gasteiger partial charge in [-0.1, -0.05) is 45.9 Å². The summed E-state index contributed by atoms with van der Waals surface area (Å²) in [6.45, 7) is 13.0. The molecule has 17 nitrogen and oxygen atoms in total. The van der Waals surface area contributed by atoms with E-state index in [-0.39, 0.29) is 18.8 Å². The van der Waals surface area contributed by atoms with E-state index in [1.165, 1.54) is 6.92 Å². The van der Waals surface area contributed by atoms with Crippen molar-refractivity contribution in [3.05, 3.63) is 46.5 Å². The number of hydrogen-bond acceptors (Lipinski definition) is 9. The van der Waals surface area contributed by atoms with Gasteiger partial charge in [-0.2, -0.15) is 0 Å². The van der Waals surface area contributed by atoms with Crippen LogP contribution in [-0.4, -0.2) is 87.5 Å². The maximum Gasteiger partial charge on any atom is 0.308 e. The summed E-state index contributed by atoms with van der Waals surface area (Å²) in [5, 5.41) is 24.4. The van der Waals surface area contributed by atoms with Gasteiger partial charge in [0, 0.05) is 22.0 Å². The van der Waals surface area contributed by atoms with Crippen molar-refractivity contribution >= 4 is 46.4 Å². The molecular weight excluding hydrogens is 662 g/mol. The van der Waals surface area contributed by atoms with Crippen LogP contribution in [0.3, 0.4) is 0 Å². The van der Waals surface area contributed by atoms with E-state index in [9.17, 15) is 33.9 Å². The van der Waals surface area contributed by atoms with Gasteiger partial charge in [0.25, 0.3) is 0 Å². The molecule has 6 atom stereocenters. The Hall–Kier alpha value is -4.99. The van der Waals surface area contributed by atoms with E-state index >= 15 is 0 Å². The largest absolute Gasteiger partial charge is 0.460 e. The van der Waals surface area contributed by atoms with Crippen LogP contribution in [0, 0.1) is 11.8 Å². The van der Waals surface area contributed by atoms with Gasteiger partial charge in [-0.3, -0.25) is 28.8 Å². The number of aliphatic hydroxyl groups excluding tert-OH is 1. The smallest absolute Gasteiger partial charge is 0.308 e. The summed E-state index contributed by atoms with van der Waals surface area (Å²) >= 11 is 0. The average Bonchev–Trinajstić information content (AvgIpc) is 3.42. The van der Waals surface area contributed by atoms with Crippen LogP contribution < -0.4 is 27.0 Å². The lowest BCUT2D eigenvalue weighted by Crippen LogP contribution is -2.62. The van der Waals surface area contributed by atoms with Gasteiger partial charge in [0.15, 0.2) is 0 Å². The fourth-order valence-electron chi connectivity index (χ4n) is 5.17. The van der Waals surface area contributed by atoms with Gasteiger partial charge in [-0.15, -0.1) is 0 Å². The van der Waals surface area contributed by atoms with Crippen LogP contribution in [0.4, 0.5) is 0 Å². The molecule has 0 radical (unpaired) electrons. The van der Waals surface area contributed by atoms with Gasteiger partial charge in [0.05, 0.1) is 24.6 Å². The second-order valence-corrected chi connectivity index (χ2v) is 14.2. The molecule has 17 heteroatoms. The molecule has 280 valence electrons. The van der Waals surface area contributed by atoms with Crippen LogP contribution in [0.25, 0.3) is 21.3 Å². The molecule has 0 unspecified atom stereocenters. The Morgan fingerprint density at radius 2 is 1.49 bits per heavy atom. The average molecular weight is 714 g/mol. The molecule has 0 bridgehead atoms. The van der Waals surface area contributed by atoms with E-state index in [4.69, 9.17) is 16.0 Å². The molecule has 0 aliphatic heterocycles. The summed E-state index contributed by atoms with van der Waals surface area (Å²) in [7, 11) is 0. The minimum Gasteiger partial charge on any atom is -0.460 e. The number of amides is 5. The number of aromatic amines is 1. The number of azide groups is 1. The third kappa shape index (κ3) is 13.3. The highest BCUT2D eigenvalue weighted by Crippen LogP contribution is 2.19. The molecule has 0 saturated heterocycles. The predicted molar refractivity (Wildman–Crippen MR) is 188 cm³/mol. The Bertz CT molecular complexity index is 1610. The van der Waals surface area contributed by atoms with Crippen LogP contribution >= 0.6 is 0 Å². The first kappa shape index (κ1) is 42.2. The van der Waals surface area contributed by atoms with Crippen molar-refractivity contribution in [2.45, 2.75) is 117 Å². The molecule has 51 heavy (non-hydrogen) atoms. The van der Waals surface area contributed by atoms with Crippen molar-refractivity contribution in [2.75, 3.05) is 0 Å². The fourth-order valence-corrected chi connectivity index (χ4v) is 5.17. The number of rotatable bonds is 17. The molecule has 0 aliphatic carbocycles. The molecular formula is C34H51N9O8. The van der Waals surface area contributed by atoms with Crippen LogP contribution in [0.5, 0.6) is 0 Å². The third-order valence-corrected chi connectivity index (χ3v) is 7.65. The number of para-hydroxylation sites is 1. The maximum absolute atomic E-state index is 13.6. The van der Waals surface area contributed by atoms with Crippen LogP contribution in [-0.2, 0) is 39.9 Å². The maximum atomic E-state index is 13.6. The number of nitrogens with zero attached hydrogens (tertiary/aromatic N) is 3. The van der Waals surface area contributed by atoms with E-state index < -0.39 is 89.8 Å². The number of aliphatic hydroxyl groups is 1. The number of carbonyl (C=O) groups excluding carboxylic acids is 6. The molecule has 0 aliphatic rings. The number of nitrogens with one attached hydrogen (secondary N) is 5. The molecule has 5 amide bonds. The fraction of sp³-hybridized carbons (Fsp3) is 0.588. The zero-order valence-corrected chi connectivity index (χ0v) is 30.4. The molecule has 2 aromatic rings. The predicted octanol–water partition coefficient (Wildman–Crippen LogP) is 1.63. The minimum atomic E-state index is -1.65. The lowest BCUT2D eigenvalue weighted by molar-refractivity contribution is -0.156. The number of hydrogen-bond donors (Lipinski definition) is 7. The molecule has 1 heterocycles. The van der Waals surface area contributed by atoms with E-state index in [0.29, 0.717) is 0 Å². The van der Waals surface area contributed by atoms with Crippen molar-refractivity contribution in [1.82, 2.24) is 26.3 Å². The van der Waals surface area contributed by atoms with E-state index in [1.807, 2.05) is 24.3 Å². The van der Waals surface area contributed by atoms with E-state index in [1.54, 1.807) is 54.7 Å². The highest BCUT2D eigenvalue weighted by molar-refractivity contribution is 5.97. The Morgan fingerprint density at radius 1 is 0.902 bits per heavy atom. The summed E-state index contributed by atoms with van der Waals surface area (Å²) in [6.07, 6.45) is -0.157. The van der Waals surface area contributed by atoms with Gasteiger partial charge in [-0.25, -0.2) is 0 Å². The van der Waals surface area contributed by atoms with Crippen LogP contribution in [0.15, 0.2) is 35.6 Å². The topological polar surface area (TPSA) is 271 Å². The van der Waals surface area contributed by atoms with Crippen molar-refractivity contribution in [3.8, 4) is 0 Å². The van der Waals surface area contributed by atoms with Gasteiger partial charge in [0.2, 0.25) is 29.5 Å². The summed E-state index contributed by atoms with van der Waals surface area (Å²) in [6, 6.07) is 0.677. The zero-order chi connectivity index (χ0) is 38.6. The molecule has 0 saturated carbocycles. The van der Waals surface area contributed by atoms with E-state index in [2.05, 4.69) is 36.3 Å². The number of fused-ring (bicyclic) bond motifs is 1. The highest BCUT2D eigenvalue weighted by Gasteiger charge is 2.36. The Balaban J connectivity index is 2.27. The van der Waals surface area contributed by atoms with E-state index in [0.717, 1.165) is 16.5 Å². The van der Waals surface area contributed by atoms with Crippen molar-refractivity contribution in [1.29, 1.82) is 0 Å². The summed E-state index contributed by atoms with van der Waals surface area (Å²) in [5.74, 6) is -5.82. The monoisotopic (exact) mass is 713 g/mol. The first-order chi connectivity index (χ1) is 23.7. The lowest BCUT2D eigenvalue weighted by atomic mass is 9.99. The molecule has 1 aromatic carbocycles. The summed E-state index contributed by atoms with van der Waals surface area (Å²) in [5.41, 5.74) is 15.6. The number of H-pyrrole nitrogens is 1. The van der Waals surface area contributed by atoms with Crippen molar-refractivity contribution < 1.29 is 38.6 Å². The number of carbonyl (C=O) groups is 6. The third-order valence-electron chi connectivity index (χ3n) is 7.65. The quantitative estimate of drug-likeness (QED) is 0.0542. The Kier molecular flexibility index (Phi) is 15.6. The molecule has 0 spiro atoms. The SMILES string of the molecule is CC(C)C[C@H](NC(=O)[C@H](NC(=O)[C@@H](NC(=O)[C@@H](CC(=O)OC(C)(C)C)NC(=O)[C@H](N)Cc1c[nH]c2ccccc12)[C@@H](C)O)C(C)C)C(=O)N=[N+]=[N-]. The van der Waals surface area contributed by atoms with Crippen molar-refractivity contribution in [2.24, 2.45) is 22.7 Å². The first-order valence-corrected chi connectivity index (χ1v) is 16.7. The van der Waals surface area contributed by atoms with Crippen LogP contribution in [0.1, 0.15) is 73.8 Å².